The quantitative estimate of drug-likeness (QED) is 0.779. The first-order chi connectivity index (χ1) is 7.72. The van der Waals surface area contributed by atoms with Crippen LogP contribution >= 0.6 is 0 Å². The van der Waals surface area contributed by atoms with Gasteiger partial charge in [0.15, 0.2) is 0 Å². The van der Waals surface area contributed by atoms with Crippen LogP contribution in [0.2, 0.25) is 0 Å². The summed E-state index contributed by atoms with van der Waals surface area (Å²) in [7, 11) is 1.59. The second-order valence-electron chi connectivity index (χ2n) is 4.09. The SMILES string of the molecule is COc1ccccc1C1(CO)CNC(=O)C1. The first kappa shape index (κ1) is 11.0. The predicted octanol–water partition coefficient (Wildman–Crippen LogP) is 0.445. The van der Waals surface area contributed by atoms with Crippen molar-refractivity contribution in [1.82, 2.24) is 5.32 Å². The number of methoxy groups -OCH3 is 1. The highest BCUT2D eigenvalue weighted by atomic mass is 16.5. The summed E-state index contributed by atoms with van der Waals surface area (Å²) in [4.78, 5) is 11.3. The van der Waals surface area contributed by atoms with Crippen molar-refractivity contribution in [2.45, 2.75) is 11.8 Å². The van der Waals surface area contributed by atoms with Crippen molar-refractivity contribution in [1.29, 1.82) is 0 Å². The Hall–Kier alpha value is -1.55. The fourth-order valence-electron chi connectivity index (χ4n) is 2.17. The van der Waals surface area contributed by atoms with Crippen LogP contribution in [0.4, 0.5) is 0 Å². The Labute approximate surface area is 94.2 Å². The molecule has 2 N–H and O–H groups in total. The topological polar surface area (TPSA) is 58.6 Å². The molecule has 0 saturated carbocycles. The van der Waals surface area contributed by atoms with Crippen LogP contribution in [0.15, 0.2) is 24.3 Å². The Morgan fingerprint density at radius 3 is 2.81 bits per heavy atom. The molecular formula is C12H15NO3. The van der Waals surface area contributed by atoms with Gasteiger partial charge in [-0.3, -0.25) is 4.79 Å². The van der Waals surface area contributed by atoms with Crippen LogP contribution in [-0.2, 0) is 10.2 Å². The lowest BCUT2D eigenvalue weighted by atomic mass is 9.80. The van der Waals surface area contributed by atoms with Crippen LogP contribution in [0.25, 0.3) is 0 Å². The molecule has 1 amide bonds. The van der Waals surface area contributed by atoms with Crippen molar-refractivity contribution in [2.75, 3.05) is 20.3 Å². The monoisotopic (exact) mass is 221 g/mol. The van der Waals surface area contributed by atoms with Crippen LogP contribution in [-0.4, -0.2) is 31.3 Å². The van der Waals surface area contributed by atoms with Crippen molar-refractivity contribution < 1.29 is 14.6 Å². The van der Waals surface area contributed by atoms with Gasteiger partial charge in [-0.2, -0.15) is 0 Å². The summed E-state index contributed by atoms with van der Waals surface area (Å²) in [5, 5.41) is 12.3. The molecule has 1 aliphatic rings. The zero-order valence-electron chi connectivity index (χ0n) is 9.19. The van der Waals surface area contributed by atoms with Gasteiger partial charge in [0.2, 0.25) is 5.91 Å². The molecule has 1 fully saturated rings. The largest absolute Gasteiger partial charge is 0.496 e. The van der Waals surface area contributed by atoms with Gasteiger partial charge in [-0.1, -0.05) is 18.2 Å². The number of hydrogen-bond acceptors (Lipinski definition) is 3. The molecule has 0 radical (unpaired) electrons. The maximum atomic E-state index is 11.3. The van der Waals surface area contributed by atoms with Crippen LogP contribution in [0, 0.1) is 0 Å². The standard InChI is InChI=1S/C12H15NO3/c1-16-10-5-3-2-4-9(10)12(8-14)6-11(15)13-7-12/h2-5,14H,6-8H2,1H3,(H,13,15). The average Bonchev–Trinajstić information content (AvgIpc) is 2.72. The first-order valence-corrected chi connectivity index (χ1v) is 5.23. The normalized spacial score (nSPS) is 24.2. The second-order valence-corrected chi connectivity index (χ2v) is 4.09. The smallest absolute Gasteiger partial charge is 0.221 e. The van der Waals surface area contributed by atoms with Crippen LogP contribution < -0.4 is 10.1 Å². The van der Waals surface area contributed by atoms with E-state index >= 15 is 0 Å². The molecule has 1 aromatic rings. The van der Waals surface area contributed by atoms with Crippen LogP contribution in [0.3, 0.4) is 0 Å². The Bertz CT molecular complexity index is 405. The van der Waals surface area contributed by atoms with E-state index in [0.29, 0.717) is 18.7 Å². The summed E-state index contributed by atoms with van der Waals surface area (Å²) in [6.45, 7) is 0.398. The van der Waals surface area contributed by atoms with E-state index in [-0.39, 0.29) is 12.5 Å². The fraction of sp³-hybridized carbons (Fsp3) is 0.417. The van der Waals surface area contributed by atoms with Gasteiger partial charge >= 0.3 is 0 Å². The summed E-state index contributed by atoms with van der Waals surface area (Å²) >= 11 is 0. The number of aliphatic hydroxyl groups excluding tert-OH is 1. The van der Waals surface area contributed by atoms with E-state index in [1.165, 1.54) is 0 Å². The van der Waals surface area contributed by atoms with E-state index in [0.717, 1.165) is 5.56 Å². The molecule has 1 unspecified atom stereocenters. The van der Waals surface area contributed by atoms with Crippen molar-refractivity contribution >= 4 is 5.91 Å². The molecule has 0 spiro atoms. The van der Waals surface area contributed by atoms with Gasteiger partial charge in [0.05, 0.1) is 13.7 Å². The van der Waals surface area contributed by atoms with E-state index in [4.69, 9.17) is 4.74 Å². The third-order valence-corrected chi connectivity index (χ3v) is 3.10. The average molecular weight is 221 g/mol. The molecule has 0 aliphatic carbocycles. The number of benzene rings is 1. The van der Waals surface area contributed by atoms with Crippen molar-refractivity contribution in [3.63, 3.8) is 0 Å². The molecule has 2 rings (SSSR count). The molecule has 86 valence electrons. The number of ether oxygens (including phenoxy) is 1. The number of carbonyl (C=O) groups is 1. The third-order valence-electron chi connectivity index (χ3n) is 3.10. The Balaban J connectivity index is 2.44. The highest BCUT2D eigenvalue weighted by Crippen LogP contribution is 2.36. The molecule has 1 atom stereocenters. The van der Waals surface area contributed by atoms with Crippen LogP contribution in [0.1, 0.15) is 12.0 Å². The number of rotatable bonds is 3. The Kier molecular flexibility index (Phi) is 2.83. The first-order valence-electron chi connectivity index (χ1n) is 5.23. The van der Waals surface area contributed by atoms with Crippen molar-refractivity contribution in [2.24, 2.45) is 0 Å². The summed E-state index contributed by atoms with van der Waals surface area (Å²) < 4.78 is 5.27. The molecule has 4 nitrogen and oxygen atoms in total. The number of aliphatic hydroxyl groups is 1. The molecule has 1 aliphatic heterocycles. The van der Waals surface area contributed by atoms with E-state index in [9.17, 15) is 9.90 Å². The molecule has 0 aromatic heterocycles. The lowest BCUT2D eigenvalue weighted by Gasteiger charge is -2.26. The maximum Gasteiger partial charge on any atom is 0.221 e. The number of amides is 1. The van der Waals surface area contributed by atoms with E-state index in [1.54, 1.807) is 7.11 Å². The zero-order chi connectivity index (χ0) is 11.6. The van der Waals surface area contributed by atoms with Gasteiger partial charge in [-0.15, -0.1) is 0 Å². The number of para-hydroxylation sites is 1. The number of nitrogens with one attached hydrogen (secondary N) is 1. The summed E-state index contributed by atoms with van der Waals surface area (Å²) in [5.74, 6) is 0.688. The van der Waals surface area contributed by atoms with E-state index in [1.807, 2.05) is 24.3 Å². The summed E-state index contributed by atoms with van der Waals surface area (Å²) in [5.41, 5.74) is 0.349. The highest BCUT2D eigenvalue weighted by Gasteiger charge is 2.41. The molecule has 4 heteroatoms. The lowest BCUT2D eigenvalue weighted by molar-refractivity contribution is -0.119. The Morgan fingerprint density at radius 1 is 1.50 bits per heavy atom. The van der Waals surface area contributed by atoms with Gasteiger partial charge in [-0.05, 0) is 6.07 Å². The summed E-state index contributed by atoms with van der Waals surface area (Å²) in [6.07, 6.45) is 0.309. The van der Waals surface area contributed by atoms with Crippen LogP contribution in [0.5, 0.6) is 5.75 Å². The zero-order valence-corrected chi connectivity index (χ0v) is 9.19. The van der Waals surface area contributed by atoms with Crippen molar-refractivity contribution in [3.8, 4) is 5.75 Å². The van der Waals surface area contributed by atoms with Gasteiger partial charge in [0.1, 0.15) is 5.75 Å². The predicted molar refractivity (Wildman–Crippen MR) is 59.4 cm³/mol. The number of hydrogen-bond donors (Lipinski definition) is 2. The molecule has 1 heterocycles. The minimum absolute atomic E-state index is 0.0278. The van der Waals surface area contributed by atoms with Gasteiger partial charge in [0, 0.05) is 23.9 Å². The minimum Gasteiger partial charge on any atom is -0.496 e. The molecule has 1 aromatic carbocycles. The third kappa shape index (κ3) is 1.65. The van der Waals surface area contributed by atoms with Crippen molar-refractivity contribution in [3.05, 3.63) is 29.8 Å². The Morgan fingerprint density at radius 2 is 2.25 bits per heavy atom. The molecular weight excluding hydrogens is 206 g/mol. The second kappa shape index (κ2) is 4.14. The van der Waals surface area contributed by atoms with Gasteiger partial charge < -0.3 is 15.2 Å². The number of carbonyl (C=O) groups excluding carboxylic acids is 1. The van der Waals surface area contributed by atoms with Gasteiger partial charge in [0.25, 0.3) is 0 Å². The van der Waals surface area contributed by atoms with E-state index in [2.05, 4.69) is 5.32 Å². The summed E-state index contributed by atoms with van der Waals surface area (Å²) in [6, 6.07) is 7.50. The maximum absolute atomic E-state index is 11.3. The molecule has 16 heavy (non-hydrogen) atoms. The molecule has 1 saturated heterocycles. The van der Waals surface area contributed by atoms with Gasteiger partial charge in [-0.25, -0.2) is 0 Å². The molecule has 0 bridgehead atoms. The highest BCUT2D eigenvalue weighted by molar-refractivity contribution is 5.81. The lowest BCUT2D eigenvalue weighted by Crippen LogP contribution is -2.33. The fourth-order valence-corrected chi connectivity index (χ4v) is 2.17. The van der Waals surface area contributed by atoms with E-state index < -0.39 is 5.41 Å². The minimum atomic E-state index is -0.538.